The summed E-state index contributed by atoms with van der Waals surface area (Å²) in [6, 6.07) is 9.73. The molecule has 0 aliphatic heterocycles. The zero-order valence-corrected chi connectivity index (χ0v) is 15.9. The summed E-state index contributed by atoms with van der Waals surface area (Å²) >= 11 is 0. The number of carbonyl (C=O) groups is 1. The SMILES string of the molecule is COc1ccc(OC)c(NC(=O)CNS(=O)(=O)c2ccc(C)c(C)c2)c1. The first-order valence-electron chi connectivity index (χ1n) is 7.85. The van der Waals surface area contributed by atoms with Crippen molar-refractivity contribution in [1.29, 1.82) is 0 Å². The molecule has 0 fully saturated rings. The Morgan fingerprint density at radius 2 is 1.73 bits per heavy atom. The van der Waals surface area contributed by atoms with E-state index in [0.29, 0.717) is 17.2 Å². The van der Waals surface area contributed by atoms with E-state index in [1.165, 1.54) is 20.3 Å². The molecule has 140 valence electrons. The standard InChI is InChI=1S/C18H22N2O5S/c1-12-5-7-15(9-13(12)2)26(22,23)19-11-18(21)20-16-10-14(24-3)6-8-17(16)25-4/h5-10,19H,11H2,1-4H3,(H,20,21). The summed E-state index contributed by atoms with van der Waals surface area (Å²) < 4.78 is 37.3. The smallest absolute Gasteiger partial charge is 0.241 e. The summed E-state index contributed by atoms with van der Waals surface area (Å²) in [7, 11) is -0.805. The Morgan fingerprint density at radius 1 is 1.00 bits per heavy atom. The summed E-state index contributed by atoms with van der Waals surface area (Å²) in [5, 5.41) is 2.61. The van der Waals surface area contributed by atoms with Crippen LogP contribution in [0.2, 0.25) is 0 Å². The van der Waals surface area contributed by atoms with Crippen LogP contribution in [0.1, 0.15) is 11.1 Å². The fourth-order valence-corrected chi connectivity index (χ4v) is 3.30. The number of benzene rings is 2. The molecule has 2 rings (SSSR count). The fourth-order valence-electron chi connectivity index (χ4n) is 2.23. The van der Waals surface area contributed by atoms with Crippen molar-refractivity contribution in [2.45, 2.75) is 18.7 Å². The second kappa shape index (κ2) is 8.20. The molecule has 0 spiro atoms. The summed E-state index contributed by atoms with van der Waals surface area (Å²) in [4.78, 5) is 12.3. The monoisotopic (exact) mass is 378 g/mol. The number of rotatable bonds is 7. The van der Waals surface area contributed by atoms with E-state index in [2.05, 4.69) is 10.0 Å². The Balaban J connectivity index is 2.07. The van der Waals surface area contributed by atoms with Crippen molar-refractivity contribution < 1.29 is 22.7 Å². The molecule has 0 saturated heterocycles. The highest BCUT2D eigenvalue weighted by atomic mass is 32.2. The van der Waals surface area contributed by atoms with Crippen LogP contribution >= 0.6 is 0 Å². The van der Waals surface area contributed by atoms with Gasteiger partial charge >= 0.3 is 0 Å². The van der Waals surface area contributed by atoms with Crippen molar-refractivity contribution in [2.24, 2.45) is 0 Å². The van der Waals surface area contributed by atoms with Gasteiger partial charge < -0.3 is 14.8 Å². The molecule has 0 aliphatic carbocycles. The zero-order chi connectivity index (χ0) is 19.3. The first-order valence-corrected chi connectivity index (χ1v) is 9.34. The van der Waals surface area contributed by atoms with Gasteiger partial charge in [-0.2, -0.15) is 0 Å². The molecule has 0 heterocycles. The third kappa shape index (κ3) is 4.74. The molecular weight excluding hydrogens is 356 g/mol. The van der Waals surface area contributed by atoms with E-state index in [4.69, 9.17) is 9.47 Å². The molecule has 1 amide bonds. The van der Waals surface area contributed by atoms with Crippen LogP contribution in [0.3, 0.4) is 0 Å². The van der Waals surface area contributed by atoms with Crippen molar-refractivity contribution in [3.05, 3.63) is 47.5 Å². The topological polar surface area (TPSA) is 93.7 Å². The lowest BCUT2D eigenvalue weighted by atomic mass is 10.1. The van der Waals surface area contributed by atoms with E-state index in [-0.39, 0.29) is 4.90 Å². The molecule has 2 aromatic carbocycles. The van der Waals surface area contributed by atoms with Crippen molar-refractivity contribution in [3.63, 3.8) is 0 Å². The third-order valence-electron chi connectivity index (χ3n) is 3.89. The average molecular weight is 378 g/mol. The van der Waals surface area contributed by atoms with Crippen LogP contribution in [0.15, 0.2) is 41.3 Å². The van der Waals surface area contributed by atoms with Crippen molar-refractivity contribution in [3.8, 4) is 11.5 Å². The van der Waals surface area contributed by atoms with Crippen molar-refractivity contribution in [2.75, 3.05) is 26.1 Å². The van der Waals surface area contributed by atoms with Crippen LogP contribution in [-0.2, 0) is 14.8 Å². The van der Waals surface area contributed by atoms with Gasteiger partial charge in [0.05, 0.1) is 31.3 Å². The van der Waals surface area contributed by atoms with Crippen LogP contribution < -0.4 is 19.5 Å². The van der Waals surface area contributed by atoms with Crippen LogP contribution in [0.25, 0.3) is 0 Å². The van der Waals surface area contributed by atoms with E-state index in [1.807, 2.05) is 13.8 Å². The Labute approximate surface area is 153 Å². The molecule has 2 aromatic rings. The fraction of sp³-hybridized carbons (Fsp3) is 0.278. The lowest BCUT2D eigenvalue weighted by Gasteiger charge is -2.12. The van der Waals surface area contributed by atoms with Gasteiger partial charge in [0.25, 0.3) is 0 Å². The molecule has 0 atom stereocenters. The number of ether oxygens (including phenoxy) is 2. The highest BCUT2D eigenvalue weighted by molar-refractivity contribution is 7.89. The van der Waals surface area contributed by atoms with Gasteiger partial charge in [0.2, 0.25) is 15.9 Å². The first kappa shape index (κ1) is 19.7. The Hall–Kier alpha value is -2.58. The molecule has 8 heteroatoms. The maximum atomic E-state index is 12.3. The molecule has 7 nitrogen and oxygen atoms in total. The van der Waals surface area contributed by atoms with Crippen molar-refractivity contribution in [1.82, 2.24) is 4.72 Å². The second-order valence-electron chi connectivity index (χ2n) is 5.69. The Bertz CT molecular complexity index is 910. The summed E-state index contributed by atoms with van der Waals surface area (Å²) in [5.41, 5.74) is 2.24. The summed E-state index contributed by atoms with van der Waals surface area (Å²) in [6.07, 6.45) is 0. The molecular formula is C18H22N2O5S. The maximum absolute atomic E-state index is 12.3. The number of methoxy groups -OCH3 is 2. The van der Waals surface area contributed by atoms with Gasteiger partial charge in [-0.25, -0.2) is 13.1 Å². The molecule has 2 N–H and O–H groups in total. The average Bonchev–Trinajstić information content (AvgIpc) is 2.62. The van der Waals surface area contributed by atoms with Crippen LogP contribution in [0, 0.1) is 13.8 Å². The highest BCUT2D eigenvalue weighted by Gasteiger charge is 2.17. The van der Waals surface area contributed by atoms with Gasteiger partial charge in [0.1, 0.15) is 11.5 Å². The Morgan fingerprint density at radius 3 is 2.35 bits per heavy atom. The maximum Gasteiger partial charge on any atom is 0.241 e. The first-order chi connectivity index (χ1) is 12.3. The van der Waals surface area contributed by atoms with Gasteiger partial charge in [-0.05, 0) is 49.2 Å². The number of nitrogens with one attached hydrogen (secondary N) is 2. The predicted octanol–water partition coefficient (Wildman–Crippen LogP) is 2.24. The molecule has 26 heavy (non-hydrogen) atoms. The van der Waals surface area contributed by atoms with Gasteiger partial charge in [0, 0.05) is 6.07 Å². The molecule has 0 unspecified atom stereocenters. The van der Waals surface area contributed by atoms with E-state index in [0.717, 1.165) is 11.1 Å². The van der Waals surface area contributed by atoms with E-state index >= 15 is 0 Å². The molecule has 0 bridgehead atoms. The van der Waals surface area contributed by atoms with Crippen LogP contribution in [-0.4, -0.2) is 35.1 Å². The van der Waals surface area contributed by atoms with Gasteiger partial charge in [-0.3, -0.25) is 4.79 Å². The number of amides is 1. The number of hydrogen-bond acceptors (Lipinski definition) is 5. The molecule has 0 saturated carbocycles. The quantitative estimate of drug-likeness (QED) is 0.771. The van der Waals surface area contributed by atoms with E-state index in [9.17, 15) is 13.2 Å². The largest absolute Gasteiger partial charge is 0.497 e. The van der Waals surface area contributed by atoms with Gasteiger partial charge in [-0.1, -0.05) is 6.07 Å². The Kier molecular flexibility index (Phi) is 6.23. The van der Waals surface area contributed by atoms with Crippen LogP contribution in [0.4, 0.5) is 5.69 Å². The van der Waals surface area contributed by atoms with E-state index in [1.54, 1.807) is 30.3 Å². The zero-order valence-electron chi connectivity index (χ0n) is 15.1. The molecule has 0 aromatic heterocycles. The number of anilines is 1. The highest BCUT2D eigenvalue weighted by Crippen LogP contribution is 2.28. The van der Waals surface area contributed by atoms with E-state index < -0.39 is 22.5 Å². The lowest BCUT2D eigenvalue weighted by molar-refractivity contribution is -0.115. The lowest BCUT2D eigenvalue weighted by Crippen LogP contribution is -2.33. The second-order valence-corrected chi connectivity index (χ2v) is 7.45. The number of carbonyl (C=O) groups excluding carboxylic acids is 1. The van der Waals surface area contributed by atoms with Gasteiger partial charge in [-0.15, -0.1) is 0 Å². The predicted molar refractivity (Wildman–Crippen MR) is 99.3 cm³/mol. The molecule has 0 radical (unpaired) electrons. The summed E-state index contributed by atoms with van der Waals surface area (Å²) in [6.45, 7) is 3.32. The number of hydrogen-bond donors (Lipinski definition) is 2. The number of aryl methyl sites for hydroxylation is 2. The summed E-state index contributed by atoms with van der Waals surface area (Å²) in [5.74, 6) is 0.455. The normalized spacial score (nSPS) is 11.1. The minimum absolute atomic E-state index is 0.118. The minimum atomic E-state index is -3.78. The number of sulfonamides is 1. The van der Waals surface area contributed by atoms with Crippen molar-refractivity contribution >= 4 is 21.6 Å². The van der Waals surface area contributed by atoms with Crippen LogP contribution in [0.5, 0.6) is 11.5 Å². The minimum Gasteiger partial charge on any atom is -0.497 e. The van der Waals surface area contributed by atoms with Gasteiger partial charge in [0.15, 0.2) is 0 Å². The molecule has 0 aliphatic rings. The third-order valence-corrected chi connectivity index (χ3v) is 5.29.